The van der Waals surface area contributed by atoms with E-state index in [1.165, 1.54) is 58.8 Å². The summed E-state index contributed by atoms with van der Waals surface area (Å²) in [6.07, 6.45) is -8.92. The Morgan fingerprint density at radius 2 is 1.53 bits per heavy atom. The lowest BCUT2D eigenvalue weighted by molar-refractivity contribution is -0.269. The molecule has 100 heavy (non-hydrogen) atoms. The molecule has 5 aliphatic rings. The molecule has 11 atom stereocenters. The van der Waals surface area contributed by atoms with Crippen molar-refractivity contribution in [3.63, 3.8) is 0 Å². The molecule has 7 aromatic heterocycles. The second-order valence-corrected chi connectivity index (χ2v) is 28.0. The number of aliphatic carboxylic acids is 1. The standard InChI is InChI=1S/C62H58N14O19S5/c1-21(47(63)79)64-48(80)31-18-99-56(70-31)42-35(78)11-26-40(72-42)30-16-97-54(67-30)29-15-92-60(87)41-27-14-90-44(45(61(88)91-13-25-9-8-10-28(65-41)37(25)27)94-36-12-62(5)46(24(4)93-36)76(6)58(95-62)59(85)86)43(57-71-32(19-100-57)49(81)66-29)75-51(83)34-20-98-55(69-34)39(23(3)89-7)74-52(84)38(22(2)77)73-50(82)33-17-96-53(26)68-33/h8-11,16-20,22,24,29,36,38,43-46,58,65,77-78H,1,12-15H2,2-7H3,(H2,63,79)(H,64,80)(H,66,81)(H,73,82)(H,74,84)(H,75,83)(H,85,86)/b39-23+/t22-,24+,29+,36+,38+,43+,44?,45+,46-,58?,62+/m1/s1. The number of likely N-dealkylation sites (N-methyl/N-ethyl adjacent to an activating group) is 1. The van der Waals surface area contributed by atoms with Crippen molar-refractivity contribution in [3.05, 3.63) is 124 Å². The summed E-state index contributed by atoms with van der Waals surface area (Å²) in [5.74, 6) is -9.27. The van der Waals surface area contributed by atoms with Gasteiger partial charge in [0.2, 0.25) is 12.1 Å². The molecule has 5 aliphatic heterocycles. The Morgan fingerprint density at radius 3 is 2.27 bits per heavy atom. The number of hydrogen-bond acceptors (Lipinski definition) is 30. The van der Waals surface area contributed by atoms with Crippen molar-refractivity contribution in [1.29, 1.82) is 0 Å². The van der Waals surface area contributed by atoms with E-state index in [0.29, 0.717) is 16.5 Å². The SMILES string of the molecule is C=C(NC(=O)c1csc(-c2nc3c(cc2O)-c2nc(cs2)C(=O)N[C@@H]([C@@H](C)O)C(=O)N/C(=C(\C)OC)c2nc(cs2)C(=O)N[C@@H]2c4nc(cs4)C(=O)N[C@@H](COC(=O)c4[nH]c5cccc6c5c4COC2[C@H](O[C@H]2C[C@]4(C)OC(C(=O)O)N(C)[C@@H]4[C@H](C)O2)C(=O)OC6)c2nc-3cs2)n1)C(N)=O. The number of aromatic amines is 1. The minimum absolute atomic E-state index is 0.00326. The largest absolute Gasteiger partial charge is 0.506 e. The zero-order valence-corrected chi connectivity index (χ0v) is 57.2. The van der Waals surface area contributed by atoms with Gasteiger partial charge in [-0.3, -0.25) is 33.7 Å². The number of methoxy groups -OCH3 is 1. The van der Waals surface area contributed by atoms with Gasteiger partial charge in [0.15, 0.2) is 12.4 Å². The topological polar surface area (TPSA) is 461 Å². The molecule has 0 spiro atoms. The number of nitrogens with two attached hydrogens (primary N) is 1. The molecule has 2 fully saturated rings. The Hall–Kier alpha value is -9.87. The summed E-state index contributed by atoms with van der Waals surface area (Å²) in [7, 11) is 2.89. The van der Waals surface area contributed by atoms with Crippen molar-refractivity contribution < 1.29 is 91.6 Å². The summed E-state index contributed by atoms with van der Waals surface area (Å²) in [5, 5.41) is 53.8. The number of pyridine rings is 1. The fourth-order valence-corrected chi connectivity index (χ4v) is 16.4. The van der Waals surface area contributed by atoms with Gasteiger partial charge in [-0.1, -0.05) is 18.7 Å². The average molecular weight is 1460 g/mol. The highest BCUT2D eigenvalue weighted by Gasteiger charge is 2.59. The van der Waals surface area contributed by atoms with Crippen LogP contribution in [0.5, 0.6) is 5.75 Å². The number of carbonyl (C=O) groups is 9. The zero-order valence-electron chi connectivity index (χ0n) is 53.1. The Kier molecular flexibility index (Phi) is 18.8. The van der Waals surface area contributed by atoms with E-state index in [9.17, 15) is 48.9 Å². The van der Waals surface area contributed by atoms with Crippen molar-refractivity contribution in [2.45, 2.75) is 114 Å². The lowest BCUT2D eigenvalue weighted by atomic mass is 9.86. The number of hydrogen-bond donors (Lipinski definition) is 10. The Labute approximate surface area is 584 Å². The van der Waals surface area contributed by atoms with Gasteiger partial charge in [0.05, 0.1) is 43.3 Å². The Morgan fingerprint density at radius 1 is 0.850 bits per heavy atom. The number of cyclic esters (lactones) is 2. The van der Waals surface area contributed by atoms with Gasteiger partial charge in [0, 0.05) is 55.4 Å². The van der Waals surface area contributed by atoms with Gasteiger partial charge in [0.25, 0.3) is 29.5 Å². The fourth-order valence-electron chi connectivity index (χ4n) is 12.2. The van der Waals surface area contributed by atoms with E-state index in [-0.39, 0.29) is 99.6 Å². The van der Waals surface area contributed by atoms with Gasteiger partial charge < -0.3 is 85.8 Å². The van der Waals surface area contributed by atoms with Gasteiger partial charge in [0.1, 0.15) is 125 Å². The molecule has 11 N–H and O–H groups in total. The molecule has 6 amide bonds. The van der Waals surface area contributed by atoms with Crippen molar-refractivity contribution in [2.75, 3.05) is 20.8 Å². The maximum Gasteiger partial charge on any atom is 0.355 e. The monoisotopic (exact) mass is 1460 g/mol. The van der Waals surface area contributed by atoms with Crippen molar-refractivity contribution >= 4 is 127 Å². The smallest absolute Gasteiger partial charge is 0.355 e. The second kappa shape index (κ2) is 27.3. The van der Waals surface area contributed by atoms with Crippen LogP contribution in [-0.4, -0.2) is 184 Å². The first-order valence-corrected chi connectivity index (χ1v) is 34.7. The number of primary amides is 1. The number of aliphatic hydroxyl groups is 1. The zero-order chi connectivity index (χ0) is 70.9. The molecule has 38 heteroatoms. The van der Waals surface area contributed by atoms with Crippen molar-refractivity contribution in [2.24, 2.45) is 5.73 Å². The number of rotatable bonds is 9. The minimum Gasteiger partial charge on any atom is -0.506 e. The summed E-state index contributed by atoms with van der Waals surface area (Å²) in [6, 6.07) is 1.02. The van der Waals surface area contributed by atoms with Crippen LogP contribution < -0.4 is 32.3 Å². The predicted molar refractivity (Wildman–Crippen MR) is 354 cm³/mol. The first-order chi connectivity index (χ1) is 47.7. The number of aliphatic hydroxyl groups excluding tert-OH is 1. The van der Waals surface area contributed by atoms with Crippen molar-refractivity contribution in [1.82, 2.24) is 66.4 Å². The van der Waals surface area contributed by atoms with E-state index in [2.05, 4.69) is 53.1 Å². The highest BCUT2D eigenvalue weighted by Crippen LogP contribution is 2.45. The number of H-pyrrole nitrogens is 1. The van der Waals surface area contributed by atoms with Crippen LogP contribution in [0.4, 0.5) is 0 Å². The molecule has 0 saturated carbocycles. The molecule has 13 rings (SSSR count). The number of esters is 2. The maximum atomic E-state index is 15.2. The van der Waals surface area contributed by atoms with Crippen LogP contribution in [0.2, 0.25) is 0 Å². The molecule has 2 saturated heterocycles. The molecule has 33 nitrogen and oxygen atoms in total. The van der Waals surface area contributed by atoms with Crippen LogP contribution in [0.15, 0.2) is 69.2 Å². The summed E-state index contributed by atoms with van der Waals surface area (Å²) >= 11 is 4.52. The number of nitrogens with zero attached hydrogens (tertiary/aromatic N) is 7. The number of carbonyl (C=O) groups excluding carboxylic acids is 8. The number of aromatic nitrogens is 7. The van der Waals surface area contributed by atoms with Gasteiger partial charge in [-0.2, -0.15) is 0 Å². The molecule has 8 aromatic rings. The van der Waals surface area contributed by atoms with Gasteiger partial charge in [-0.15, -0.1) is 56.7 Å². The van der Waals surface area contributed by atoms with Gasteiger partial charge in [-0.05, 0) is 52.4 Å². The first kappa shape index (κ1) is 68.6. The maximum absolute atomic E-state index is 15.2. The van der Waals surface area contributed by atoms with Gasteiger partial charge >= 0.3 is 17.9 Å². The third-order valence-electron chi connectivity index (χ3n) is 17.0. The summed E-state index contributed by atoms with van der Waals surface area (Å²) in [4.78, 5) is 159. The van der Waals surface area contributed by atoms with Crippen LogP contribution in [0, 0.1) is 0 Å². The molecule has 2 unspecified atom stereocenters. The number of thiazole rings is 5. The van der Waals surface area contributed by atoms with Crippen LogP contribution in [0.25, 0.3) is 49.3 Å². The number of carboxylic acid groups (broad SMARTS) is 1. The molecule has 1 aromatic carbocycles. The second-order valence-electron chi connectivity index (χ2n) is 23.7. The Bertz CT molecular complexity index is 4750. The molecule has 520 valence electrons. The van der Waals surface area contributed by atoms with Crippen LogP contribution in [0.1, 0.15) is 125 Å². The highest BCUT2D eigenvalue weighted by molar-refractivity contribution is 7.14. The molecule has 12 bridgehead atoms. The van der Waals surface area contributed by atoms with E-state index in [1.807, 2.05) is 0 Å². The summed E-state index contributed by atoms with van der Waals surface area (Å²) < 4.78 is 44.2. The van der Waals surface area contributed by atoms with Gasteiger partial charge in [-0.25, -0.2) is 44.3 Å². The summed E-state index contributed by atoms with van der Waals surface area (Å²) in [5.41, 5.74) is 3.32. The Balaban J connectivity index is 0.972. The van der Waals surface area contributed by atoms with Crippen molar-refractivity contribution in [3.8, 4) is 38.4 Å². The minimum atomic E-state index is -1.91. The summed E-state index contributed by atoms with van der Waals surface area (Å²) in [6.45, 7) is 8.03. The normalized spacial score (nSPS) is 25.2. The van der Waals surface area contributed by atoms with E-state index in [0.717, 1.165) is 56.7 Å². The van der Waals surface area contributed by atoms with E-state index >= 15 is 9.59 Å². The average Bonchev–Trinajstić information content (AvgIpc) is 1.58. The number of fused-ring (bicyclic) bond motifs is 16. The third-order valence-corrected chi connectivity index (χ3v) is 21.5. The number of amides is 6. The lowest BCUT2D eigenvalue weighted by Crippen LogP contribution is -2.59. The number of allylic oxidation sites excluding steroid dienone is 1. The highest BCUT2D eigenvalue weighted by atomic mass is 32.1. The number of nitrogens with one attached hydrogen (secondary N) is 6. The van der Waals surface area contributed by atoms with E-state index < -0.39 is 151 Å². The number of carboxylic acids is 1. The lowest BCUT2D eigenvalue weighted by Gasteiger charge is -2.45. The fraction of sp³-hybridized carbons (Fsp3) is 0.339. The predicted octanol–water partition coefficient (Wildman–Crippen LogP) is 4.00. The van der Waals surface area contributed by atoms with Crippen LogP contribution in [0.3, 0.4) is 0 Å². The van der Waals surface area contributed by atoms with E-state index in [1.54, 1.807) is 39.1 Å². The molecule has 0 aliphatic carbocycles. The number of aromatic hydroxyl groups is 1. The number of benzene rings is 1. The molecule has 12 heterocycles. The first-order valence-electron chi connectivity index (χ1n) is 30.3. The molecular formula is C62H58N14O19S5. The molecule has 0 radical (unpaired) electrons. The van der Waals surface area contributed by atoms with Crippen LogP contribution in [-0.2, 0) is 65.5 Å². The quantitative estimate of drug-likeness (QED) is 0.0554. The third kappa shape index (κ3) is 13.1. The van der Waals surface area contributed by atoms with Crippen LogP contribution >= 0.6 is 56.7 Å². The van der Waals surface area contributed by atoms with E-state index in [4.69, 9.17) is 53.8 Å². The molecular weight excluding hydrogens is 1410 g/mol. The number of ether oxygens (including phenoxy) is 7.